The lowest BCUT2D eigenvalue weighted by Gasteiger charge is -2.33. The van der Waals surface area contributed by atoms with Crippen LogP contribution in [0.3, 0.4) is 0 Å². The monoisotopic (exact) mass is 362 g/mol. The molecular formula is C24H15BO3. The Morgan fingerprint density at radius 1 is 0.571 bits per heavy atom. The van der Waals surface area contributed by atoms with E-state index >= 15 is 0 Å². The highest BCUT2D eigenvalue weighted by Gasteiger charge is 2.41. The summed E-state index contributed by atoms with van der Waals surface area (Å²) >= 11 is 0. The molecule has 0 saturated carbocycles. The molecule has 0 aliphatic carbocycles. The molecule has 0 saturated heterocycles. The number of benzene rings is 4. The molecule has 0 aromatic heterocycles. The summed E-state index contributed by atoms with van der Waals surface area (Å²) in [5.41, 5.74) is 3.30. The van der Waals surface area contributed by atoms with Crippen molar-refractivity contribution in [3.05, 3.63) is 91.0 Å². The smallest absolute Gasteiger partial charge is 0.260 e. The fourth-order valence-electron chi connectivity index (χ4n) is 4.06. The number of rotatable bonds is 2. The summed E-state index contributed by atoms with van der Waals surface area (Å²) in [5.74, 6) is 4.74. The predicted octanol–water partition coefficient (Wildman–Crippen LogP) is 4.21. The lowest BCUT2D eigenvalue weighted by atomic mass is 9.35. The normalized spacial score (nSPS) is 12.8. The third-order valence-corrected chi connectivity index (χ3v) is 5.27. The van der Waals surface area contributed by atoms with E-state index in [4.69, 9.17) is 14.2 Å². The Balaban J connectivity index is 1.58. The summed E-state index contributed by atoms with van der Waals surface area (Å²) in [6.07, 6.45) is 0. The van der Waals surface area contributed by atoms with E-state index in [0.29, 0.717) is 5.75 Å². The molecule has 0 bridgehead atoms. The van der Waals surface area contributed by atoms with Crippen LogP contribution in [-0.2, 0) is 0 Å². The maximum atomic E-state index is 6.34. The maximum Gasteiger partial charge on any atom is 0.260 e. The van der Waals surface area contributed by atoms with Gasteiger partial charge < -0.3 is 14.2 Å². The summed E-state index contributed by atoms with van der Waals surface area (Å²) in [6.45, 7) is 0.0548. The van der Waals surface area contributed by atoms with Gasteiger partial charge in [0, 0.05) is 5.46 Å². The molecule has 6 rings (SSSR count). The summed E-state index contributed by atoms with van der Waals surface area (Å²) in [7, 11) is 0. The molecule has 0 fully saturated rings. The van der Waals surface area contributed by atoms with Crippen molar-refractivity contribution >= 4 is 23.1 Å². The van der Waals surface area contributed by atoms with E-state index in [1.165, 1.54) is 0 Å². The number of hydrogen-bond donors (Lipinski definition) is 0. The minimum Gasteiger partial charge on any atom is -0.458 e. The standard InChI is InChI=1S/C24H15BO3/c1-2-8-16(9-3-1)26-22-15-14-21-23-24(22)28-20-13-7-5-11-18(20)25(23)17-10-4-6-12-19(17)27-21/h1-15H. The van der Waals surface area contributed by atoms with Crippen molar-refractivity contribution in [1.82, 2.24) is 0 Å². The van der Waals surface area contributed by atoms with Gasteiger partial charge in [-0.3, -0.25) is 0 Å². The molecule has 4 aromatic carbocycles. The molecule has 132 valence electrons. The van der Waals surface area contributed by atoms with Gasteiger partial charge in [-0.25, -0.2) is 0 Å². The molecule has 0 spiro atoms. The summed E-state index contributed by atoms with van der Waals surface area (Å²) < 4.78 is 18.7. The van der Waals surface area contributed by atoms with Crippen LogP contribution in [0.5, 0.6) is 34.5 Å². The molecule has 0 amide bonds. The van der Waals surface area contributed by atoms with Crippen LogP contribution in [0.25, 0.3) is 0 Å². The Bertz CT molecular complexity index is 1190. The number of ether oxygens (including phenoxy) is 3. The van der Waals surface area contributed by atoms with Crippen molar-refractivity contribution in [2.45, 2.75) is 0 Å². The van der Waals surface area contributed by atoms with Crippen molar-refractivity contribution in [2.24, 2.45) is 0 Å². The van der Waals surface area contributed by atoms with Crippen LogP contribution in [0.1, 0.15) is 0 Å². The van der Waals surface area contributed by atoms with Crippen molar-refractivity contribution in [1.29, 1.82) is 0 Å². The largest absolute Gasteiger partial charge is 0.458 e. The highest BCUT2D eigenvalue weighted by molar-refractivity contribution is 6.98. The van der Waals surface area contributed by atoms with Crippen LogP contribution < -0.4 is 30.6 Å². The van der Waals surface area contributed by atoms with Crippen molar-refractivity contribution in [3.8, 4) is 34.5 Å². The molecule has 0 N–H and O–H groups in total. The Hall–Kier alpha value is -3.66. The molecule has 0 unspecified atom stereocenters. The molecule has 3 nitrogen and oxygen atoms in total. The Kier molecular flexibility index (Phi) is 3.26. The Labute approximate surface area is 163 Å². The van der Waals surface area contributed by atoms with E-state index < -0.39 is 0 Å². The molecule has 2 aliphatic heterocycles. The van der Waals surface area contributed by atoms with Gasteiger partial charge in [-0.15, -0.1) is 0 Å². The van der Waals surface area contributed by atoms with Crippen molar-refractivity contribution in [2.75, 3.05) is 0 Å². The van der Waals surface area contributed by atoms with Gasteiger partial charge in [-0.05, 0) is 47.3 Å². The van der Waals surface area contributed by atoms with Crippen molar-refractivity contribution in [3.63, 3.8) is 0 Å². The second kappa shape index (κ2) is 5.93. The molecule has 28 heavy (non-hydrogen) atoms. The zero-order valence-electron chi connectivity index (χ0n) is 15.0. The lowest BCUT2D eigenvalue weighted by molar-refractivity contribution is 0.415. The molecule has 0 atom stereocenters. The van der Waals surface area contributed by atoms with Gasteiger partial charge in [0.25, 0.3) is 6.71 Å². The van der Waals surface area contributed by atoms with E-state index in [9.17, 15) is 0 Å². The fourth-order valence-corrected chi connectivity index (χ4v) is 4.06. The Morgan fingerprint density at radius 2 is 1.21 bits per heavy atom. The third-order valence-electron chi connectivity index (χ3n) is 5.27. The molecule has 2 heterocycles. The van der Waals surface area contributed by atoms with Crippen LogP contribution in [0.2, 0.25) is 0 Å². The van der Waals surface area contributed by atoms with E-state index in [1.807, 2.05) is 66.7 Å². The first kappa shape index (κ1) is 15.4. The zero-order valence-corrected chi connectivity index (χ0v) is 15.0. The van der Waals surface area contributed by atoms with Crippen molar-refractivity contribution < 1.29 is 14.2 Å². The first-order valence-corrected chi connectivity index (χ1v) is 9.32. The van der Waals surface area contributed by atoms with Crippen LogP contribution in [0.15, 0.2) is 91.0 Å². The van der Waals surface area contributed by atoms with Crippen LogP contribution in [-0.4, -0.2) is 6.71 Å². The summed E-state index contributed by atoms with van der Waals surface area (Å²) in [5, 5.41) is 0. The van der Waals surface area contributed by atoms with E-state index in [1.54, 1.807) is 0 Å². The van der Waals surface area contributed by atoms with Crippen LogP contribution in [0, 0.1) is 0 Å². The predicted molar refractivity (Wildman–Crippen MR) is 111 cm³/mol. The maximum absolute atomic E-state index is 6.34. The van der Waals surface area contributed by atoms with E-state index in [-0.39, 0.29) is 6.71 Å². The molecule has 2 aliphatic rings. The lowest BCUT2D eigenvalue weighted by Crippen LogP contribution is -2.57. The SMILES string of the molecule is c1ccc(Oc2ccc3c4c2Oc2ccccc2B4c2ccccc2O3)cc1. The van der Waals surface area contributed by atoms with E-state index in [0.717, 1.165) is 45.1 Å². The van der Waals surface area contributed by atoms with Gasteiger partial charge >= 0.3 is 0 Å². The summed E-state index contributed by atoms with van der Waals surface area (Å²) in [6, 6.07) is 30.0. The highest BCUT2D eigenvalue weighted by Crippen LogP contribution is 2.41. The molecular weight excluding hydrogens is 347 g/mol. The molecule has 4 heteroatoms. The highest BCUT2D eigenvalue weighted by atomic mass is 16.5. The molecule has 0 radical (unpaired) electrons. The second-order valence-corrected chi connectivity index (χ2v) is 6.93. The quantitative estimate of drug-likeness (QED) is 0.432. The first-order valence-electron chi connectivity index (χ1n) is 9.32. The van der Waals surface area contributed by atoms with Gasteiger partial charge in [-0.1, -0.05) is 54.6 Å². The average molecular weight is 362 g/mol. The van der Waals surface area contributed by atoms with Gasteiger partial charge in [0.15, 0.2) is 11.5 Å². The summed E-state index contributed by atoms with van der Waals surface area (Å²) in [4.78, 5) is 0. The number of fused-ring (bicyclic) bond motifs is 4. The minimum atomic E-state index is 0.0548. The van der Waals surface area contributed by atoms with Gasteiger partial charge in [0.2, 0.25) is 0 Å². The average Bonchev–Trinajstić information content (AvgIpc) is 2.76. The van der Waals surface area contributed by atoms with Crippen LogP contribution in [0.4, 0.5) is 0 Å². The second-order valence-electron chi connectivity index (χ2n) is 6.93. The zero-order chi connectivity index (χ0) is 18.5. The number of para-hydroxylation sites is 3. The Morgan fingerprint density at radius 3 is 1.96 bits per heavy atom. The first-order chi connectivity index (χ1) is 13.9. The fraction of sp³-hybridized carbons (Fsp3) is 0. The number of hydrogen-bond acceptors (Lipinski definition) is 3. The minimum absolute atomic E-state index is 0.0548. The van der Waals surface area contributed by atoms with Crippen LogP contribution >= 0.6 is 0 Å². The topological polar surface area (TPSA) is 27.7 Å². The van der Waals surface area contributed by atoms with Gasteiger partial charge in [-0.2, -0.15) is 0 Å². The van der Waals surface area contributed by atoms with Gasteiger partial charge in [0.05, 0.1) is 0 Å². The molecule has 4 aromatic rings. The third kappa shape index (κ3) is 2.24. The van der Waals surface area contributed by atoms with E-state index in [2.05, 4.69) is 24.3 Å². The van der Waals surface area contributed by atoms with Gasteiger partial charge in [0.1, 0.15) is 23.0 Å².